The monoisotopic (exact) mass is 431 g/mol. The summed E-state index contributed by atoms with van der Waals surface area (Å²) in [5.41, 5.74) is 1.04. The van der Waals surface area contributed by atoms with Gasteiger partial charge in [0.25, 0.3) is 15.9 Å². The van der Waals surface area contributed by atoms with Gasteiger partial charge in [-0.25, -0.2) is 13.4 Å². The Morgan fingerprint density at radius 3 is 2.38 bits per heavy atom. The summed E-state index contributed by atoms with van der Waals surface area (Å²) in [5, 5.41) is 12.5. The Bertz CT molecular complexity index is 1050. The molecule has 2 atom stereocenters. The van der Waals surface area contributed by atoms with Crippen molar-refractivity contribution in [1.82, 2.24) is 9.88 Å². The number of rotatable bonds is 7. The summed E-state index contributed by atoms with van der Waals surface area (Å²) in [5.74, 6) is -0.315. The van der Waals surface area contributed by atoms with E-state index in [1.165, 1.54) is 46.7 Å². The van der Waals surface area contributed by atoms with Gasteiger partial charge in [-0.1, -0.05) is 30.3 Å². The van der Waals surface area contributed by atoms with Gasteiger partial charge in [-0.15, -0.1) is 11.3 Å². The summed E-state index contributed by atoms with van der Waals surface area (Å²) in [7, 11) is -2.17. The average molecular weight is 432 g/mol. The molecule has 3 rings (SSSR count). The smallest absolute Gasteiger partial charge is 0.263 e. The summed E-state index contributed by atoms with van der Waals surface area (Å²) in [6.45, 7) is 1.76. The lowest BCUT2D eigenvalue weighted by atomic mass is 10.0. The second-order valence-corrected chi connectivity index (χ2v) is 9.06. The summed E-state index contributed by atoms with van der Waals surface area (Å²) >= 11 is 1.17. The minimum Gasteiger partial charge on any atom is -0.386 e. The Kier molecular flexibility index (Phi) is 6.31. The van der Waals surface area contributed by atoms with Gasteiger partial charge in [-0.2, -0.15) is 0 Å². The Hall–Kier alpha value is -2.75. The maximum Gasteiger partial charge on any atom is 0.263 e. The summed E-state index contributed by atoms with van der Waals surface area (Å²) in [4.78, 5) is 18.2. The van der Waals surface area contributed by atoms with Crippen LogP contribution in [0.5, 0.6) is 0 Å². The first kappa shape index (κ1) is 21.0. The van der Waals surface area contributed by atoms with Crippen LogP contribution in [-0.2, 0) is 10.0 Å². The number of sulfonamides is 1. The van der Waals surface area contributed by atoms with Gasteiger partial charge in [0.2, 0.25) is 0 Å². The SMILES string of the molecule is C[C@@H]([C@H](O)c1ccccc1)N(C)C(=O)c1ccc(S(=O)(=O)Nc2nccs2)cc1. The highest BCUT2D eigenvalue weighted by Gasteiger charge is 2.25. The van der Waals surface area contributed by atoms with Crippen LogP contribution in [0, 0.1) is 0 Å². The number of aromatic nitrogens is 1. The number of nitrogens with zero attached hydrogens (tertiary/aromatic N) is 2. The van der Waals surface area contributed by atoms with Crippen LogP contribution >= 0.6 is 11.3 Å². The molecule has 0 aliphatic heterocycles. The van der Waals surface area contributed by atoms with Gasteiger partial charge in [0.15, 0.2) is 5.13 Å². The molecular weight excluding hydrogens is 410 g/mol. The van der Waals surface area contributed by atoms with Gasteiger partial charge in [0.1, 0.15) is 0 Å². The van der Waals surface area contributed by atoms with E-state index < -0.39 is 22.2 Å². The molecule has 29 heavy (non-hydrogen) atoms. The molecule has 0 spiro atoms. The number of carbonyl (C=O) groups is 1. The Morgan fingerprint density at radius 1 is 1.14 bits per heavy atom. The van der Waals surface area contributed by atoms with E-state index in [1.54, 1.807) is 31.5 Å². The largest absolute Gasteiger partial charge is 0.386 e. The van der Waals surface area contributed by atoms with Crippen LogP contribution in [0.3, 0.4) is 0 Å². The molecule has 3 aromatic rings. The van der Waals surface area contributed by atoms with Crippen LogP contribution in [-0.4, -0.2) is 42.4 Å². The fraction of sp³-hybridized carbons (Fsp3) is 0.200. The lowest BCUT2D eigenvalue weighted by molar-refractivity contribution is 0.0487. The third kappa shape index (κ3) is 4.81. The van der Waals surface area contributed by atoms with Crippen molar-refractivity contribution in [2.24, 2.45) is 0 Å². The molecule has 7 nitrogen and oxygen atoms in total. The maximum atomic E-state index is 12.8. The maximum absolute atomic E-state index is 12.8. The summed E-state index contributed by atoms with van der Waals surface area (Å²) < 4.78 is 27.2. The van der Waals surface area contributed by atoms with Crippen LogP contribution in [0.4, 0.5) is 5.13 Å². The van der Waals surface area contributed by atoms with Crippen molar-refractivity contribution in [2.75, 3.05) is 11.8 Å². The predicted molar refractivity (Wildman–Crippen MR) is 112 cm³/mol. The van der Waals surface area contributed by atoms with Crippen molar-refractivity contribution in [3.8, 4) is 0 Å². The highest BCUT2D eigenvalue weighted by molar-refractivity contribution is 7.93. The topological polar surface area (TPSA) is 99.6 Å². The van der Waals surface area contributed by atoms with Gasteiger partial charge in [-0.3, -0.25) is 9.52 Å². The molecule has 2 N–H and O–H groups in total. The first-order valence-electron chi connectivity index (χ1n) is 8.82. The second-order valence-electron chi connectivity index (χ2n) is 6.48. The van der Waals surface area contributed by atoms with Gasteiger partial charge in [0.05, 0.1) is 17.0 Å². The van der Waals surface area contributed by atoms with Gasteiger partial charge >= 0.3 is 0 Å². The molecule has 2 aromatic carbocycles. The zero-order valence-electron chi connectivity index (χ0n) is 15.9. The molecule has 0 unspecified atom stereocenters. The van der Waals surface area contributed by atoms with E-state index in [0.717, 1.165) is 0 Å². The number of nitrogens with one attached hydrogen (secondary N) is 1. The summed E-state index contributed by atoms with van der Waals surface area (Å²) in [6.07, 6.45) is 0.665. The lowest BCUT2D eigenvalue weighted by Crippen LogP contribution is -2.39. The van der Waals surface area contributed by atoms with Crippen molar-refractivity contribution in [3.05, 3.63) is 77.3 Å². The molecule has 152 valence electrons. The first-order chi connectivity index (χ1) is 13.8. The van der Waals surface area contributed by atoms with Crippen LogP contribution in [0.1, 0.15) is 28.9 Å². The lowest BCUT2D eigenvalue weighted by Gasteiger charge is -2.29. The molecule has 9 heteroatoms. The van der Waals surface area contributed by atoms with Crippen molar-refractivity contribution >= 4 is 32.4 Å². The minimum absolute atomic E-state index is 0.0317. The molecule has 0 saturated carbocycles. The zero-order chi connectivity index (χ0) is 21.0. The van der Waals surface area contributed by atoms with E-state index in [0.29, 0.717) is 11.1 Å². The highest BCUT2D eigenvalue weighted by atomic mass is 32.2. The van der Waals surface area contributed by atoms with Gasteiger partial charge < -0.3 is 10.0 Å². The van der Waals surface area contributed by atoms with Crippen molar-refractivity contribution in [1.29, 1.82) is 0 Å². The van der Waals surface area contributed by atoms with Crippen LogP contribution < -0.4 is 4.72 Å². The average Bonchev–Trinajstić information content (AvgIpc) is 3.24. The Morgan fingerprint density at radius 2 is 1.79 bits per heavy atom. The van der Waals surface area contributed by atoms with E-state index in [4.69, 9.17) is 0 Å². The fourth-order valence-corrected chi connectivity index (χ4v) is 4.54. The highest BCUT2D eigenvalue weighted by Crippen LogP contribution is 2.22. The van der Waals surface area contributed by atoms with E-state index in [9.17, 15) is 18.3 Å². The molecule has 0 radical (unpaired) electrons. The number of amides is 1. The normalized spacial score (nSPS) is 13.5. The van der Waals surface area contributed by atoms with Crippen molar-refractivity contribution in [2.45, 2.75) is 24.0 Å². The fourth-order valence-electron chi connectivity index (χ4n) is 2.75. The third-order valence-electron chi connectivity index (χ3n) is 4.59. The number of aliphatic hydroxyl groups is 1. The number of hydrogen-bond acceptors (Lipinski definition) is 6. The number of aliphatic hydroxyl groups excluding tert-OH is 1. The van der Waals surface area contributed by atoms with Crippen molar-refractivity contribution in [3.63, 3.8) is 0 Å². The van der Waals surface area contributed by atoms with E-state index in [-0.39, 0.29) is 15.9 Å². The molecule has 0 saturated heterocycles. The number of benzene rings is 2. The molecule has 0 aliphatic rings. The standard InChI is InChI=1S/C20H21N3O4S2/c1-14(18(24)15-6-4-3-5-7-15)23(2)19(25)16-8-10-17(11-9-16)29(26,27)22-20-21-12-13-28-20/h3-14,18,24H,1-2H3,(H,21,22)/t14-,18-/m0/s1. The number of likely N-dealkylation sites (N-methyl/N-ethyl adjacent to an activating group) is 1. The third-order valence-corrected chi connectivity index (χ3v) is 6.77. The van der Waals surface area contributed by atoms with Gasteiger partial charge in [-0.05, 0) is 36.8 Å². The number of anilines is 1. The molecule has 1 amide bonds. The van der Waals surface area contributed by atoms with E-state index in [1.807, 2.05) is 18.2 Å². The first-order valence-corrected chi connectivity index (χ1v) is 11.2. The predicted octanol–water partition coefficient (Wildman–Crippen LogP) is 3.14. The molecule has 1 heterocycles. The molecule has 0 fully saturated rings. The minimum atomic E-state index is -3.78. The van der Waals surface area contributed by atoms with E-state index >= 15 is 0 Å². The molecular formula is C20H21N3O4S2. The number of thiazole rings is 1. The number of hydrogen-bond donors (Lipinski definition) is 2. The zero-order valence-corrected chi connectivity index (χ0v) is 17.5. The summed E-state index contributed by atoms with van der Waals surface area (Å²) in [6, 6.07) is 14.3. The van der Waals surface area contributed by atoms with E-state index in [2.05, 4.69) is 9.71 Å². The Balaban J connectivity index is 1.72. The molecule has 0 aliphatic carbocycles. The quantitative estimate of drug-likeness (QED) is 0.599. The molecule has 1 aromatic heterocycles. The molecule has 0 bridgehead atoms. The van der Waals surface area contributed by atoms with Crippen LogP contribution in [0.15, 0.2) is 71.1 Å². The van der Waals surface area contributed by atoms with Crippen molar-refractivity contribution < 1.29 is 18.3 Å². The van der Waals surface area contributed by atoms with Crippen LogP contribution in [0.2, 0.25) is 0 Å². The Labute approximate surface area is 173 Å². The number of carbonyl (C=O) groups excluding carboxylic acids is 1. The second kappa shape index (κ2) is 8.73. The van der Waals surface area contributed by atoms with Crippen LogP contribution in [0.25, 0.3) is 0 Å². The van der Waals surface area contributed by atoms with Gasteiger partial charge in [0, 0.05) is 24.2 Å².